The molecule has 2 heterocycles. The Bertz CT molecular complexity index is 828. The van der Waals surface area contributed by atoms with Gasteiger partial charge in [-0.25, -0.2) is 4.99 Å². The second-order valence-corrected chi connectivity index (χ2v) is 6.67. The van der Waals surface area contributed by atoms with E-state index < -0.39 is 12.1 Å². The molecular weight excluding hydrogens is 375 g/mol. The molecular formula is C19H18Cl2N2O3. The summed E-state index contributed by atoms with van der Waals surface area (Å²) in [6, 6.07) is 12.1. The van der Waals surface area contributed by atoms with Crippen LogP contribution in [0.4, 0.5) is 5.69 Å². The number of anilines is 1. The summed E-state index contributed by atoms with van der Waals surface area (Å²) in [7, 11) is 0. The molecule has 2 aliphatic heterocycles. The van der Waals surface area contributed by atoms with E-state index in [1.54, 1.807) is 42.5 Å². The number of hydrogen-bond donors (Lipinski definition) is 2. The van der Waals surface area contributed by atoms with Gasteiger partial charge in [-0.15, -0.1) is 0 Å². The Morgan fingerprint density at radius 3 is 2.46 bits per heavy atom. The molecule has 1 fully saturated rings. The molecule has 4 rings (SSSR count). The third kappa shape index (κ3) is 4.43. The Morgan fingerprint density at radius 1 is 1.08 bits per heavy atom. The molecule has 7 heteroatoms. The molecule has 0 bridgehead atoms. The third-order valence-corrected chi connectivity index (χ3v) is 4.50. The highest BCUT2D eigenvalue weighted by molar-refractivity contribution is 6.36. The molecule has 136 valence electrons. The Balaban J connectivity index is 0.000000339. The summed E-state index contributed by atoms with van der Waals surface area (Å²) in [6.07, 6.45) is 1.06. The minimum atomic E-state index is -1.50. The van der Waals surface area contributed by atoms with Crippen LogP contribution >= 0.6 is 23.2 Å². The van der Waals surface area contributed by atoms with E-state index in [1.807, 2.05) is 0 Å². The highest BCUT2D eigenvalue weighted by Crippen LogP contribution is 2.29. The number of aliphatic imine (C=N–C) groups is 1. The third-order valence-electron chi connectivity index (χ3n) is 3.94. The first kappa shape index (κ1) is 18.9. The number of amides is 1. The van der Waals surface area contributed by atoms with E-state index >= 15 is 0 Å². The average Bonchev–Trinajstić information content (AvgIpc) is 3.18. The lowest BCUT2D eigenvalue weighted by Gasteiger charge is -2.11. The number of benzodiazepines with no additional fused rings is 1. The summed E-state index contributed by atoms with van der Waals surface area (Å²) in [4.78, 5) is 15.9. The van der Waals surface area contributed by atoms with Crippen LogP contribution in [-0.4, -0.2) is 36.2 Å². The van der Waals surface area contributed by atoms with Gasteiger partial charge in [0.05, 0.1) is 11.4 Å². The van der Waals surface area contributed by atoms with E-state index in [9.17, 15) is 9.90 Å². The van der Waals surface area contributed by atoms with Gasteiger partial charge in [-0.3, -0.25) is 4.79 Å². The van der Waals surface area contributed by atoms with E-state index in [0.29, 0.717) is 32.6 Å². The molecule has 0 radical (unpaired) electrons. The molecule has 2 aromatic carbocycles. The van der Waals surface area contributed by atoms with Crippen molar-refractivity contribution < 1.29 is 14.6 Å². The molecule has 1 saturated heterocycles. The first-order chi connectivity index (χ1) is 12.6. The number of carbonyl (C=O) groups is 1. The summed E-state index contributed by atoms with van der Waals surface area (Å²) < 4.78 is 4.94. The summed E-state index contributed by atoms with van der Waals surface area (Å²) >= 11 is 12.2. The van der Waals surface area contributed by atoms with Gasteiger partial charge < -0.3 is 15.2 Å². The molecule has 5 nitrogen and oxygen atoms in total. The normalized spacial score (nSPS) is 18.8. The molecule has 0 aromatic heterocycles. The number of benzene rings is 2. The Kier molecular flexibility index (Phi) is 6.27. The van der Waals surface area contributed by atoms with Crippen LogP contribution in [0.2, 0.25) is 10.0 Å². The van der Waals surface area contributed by atoms with Crippen LogP contribution in [0.5, 0.6) is 0 Å². The fraction of sp³-hybridized carbons (Fsp3) is 0.263. The number of nitrogens with zero attached hydrogens (tertiary/aromatic N) is 1. The van der Waals surface area contributed by atoms with Gasteiger partial charge in [-0.2, -0.15) is 0 Å². The van der Waals surface area contributed by atoms with Crippen LogP contribution in [0.3, 0.4) is 0 Å². The summed E-state index contributed by atoms with van der Waals surface area (Å²) in [5, 5.41) is 13.4. The van der Waals surface area contributed by atoms with E-state index in [-0.39, 0.29) is 0 Å². The molecule has 2 aromatic rings. The molecule has 1 amide bonds. The van der Waals surface area contributed by atoms with Crippen molar-refractivity contribution >= 4 is 40.5 Å². The smallest absolute Gasteiger partial charge is 0.276 e. The van der Waals surface area contributed by atoms with Gasteiger partial charge in [0.2, 0.25) is 6.23 Å². The second kappa shape index (κ2) is 8.64. The van der Waals surface area contributed by atoms with Gasteiger partial charge >= 0.3 is 0 Å². The molecule has 0 aliphatic carbocycles. The largest absolute Gasteiger partial charge is 0.381 e. The van der Waals surface area contributed by atoms with Crippen LogP contribution in [0.25, 0.3) is 0 Å². The predicted molar refractivity (Wildman–Crippen MR) is 103 cm³/mol. The minimum absolute atomic E-state index is 0.420. The molecule has 26 heavy (non-hydrogen) atoms. The number of carbonyl (C=O) groups excluding carboxylic acids is 1. The topological polar surface area (TPSA) is 70.9 Å². The Hall–Kier alpha value is -1.92. The number of rotatable bonds is 1. The zero-order valence-electron chi connectivity index (χ0n) is 13.9. The van der Waals surface area contributed by atoms with Crippen molar-refractivity contribution in [3.63, 3.8) is 0 Å². The lowest BCUT2D eigenvalue weighted by atomic mass is 10.0. The van der Waals surface area contributed by atoms with Crippen LogP contribution in [-0.2, 0) is 9.53 Å². The zero-order chi connectivity index (χ0) is 18.5. The molecule has 2 aliphatic rings. The monoisotopic (exact) mass is 392 g/mol. The van der Waals surface area contributed by atoms with Crippen molar-refractivity contribution in [2.24, 2.45) is 4.99 Å². The van der Waals surface area contributed by atoms with Crippen molar-refractivity contribution in [3.8, 4) is 0 Å². The number of aliphatic hydroxyl groups excluding tert-OH is 1. The van der Waals surface area contributed by atoms with Gasteiger partial charge in [0.25, 0.3) is 5.91 Å². The van der Waals surface area contributed by atoms with Crippen LogP contribution in [0, 0.1) is 0 Å². The van der Waals surface area contributed by atoms with Crippen LogP contribution in [0.15, 0.2) is 47.5 Å². The Morgan fingerprint density at radius 2 is 1.81 bits per heavy atom. The molecule has 2 N–H and O–H groups in total. The molecule has 1 atom stereocenters. The lowest BCUT2D eigenvalue weighted by Crippen LogP contribution is -2.24. The van der Waals surface area contributed by atoms with Gasteiger partial charge in [-0.05, 0) is 37.1 Å². The van der Waals surface area contributed by atoms with Crippen molar-refractivity contribution in [3.05, 3.63) is 63.6 Å². The quantitative estimate of drug-likeness (QED) is 0.772. The maximum atomic E-state index is 11.8. The summed E-state index contributed by atoms with van der Waals surface area (Å²) in [5.41, 5.74) is 2.18. The van der Waals surface area contributed by atoms with Gasteiger partial charge in [0.1, 0.15) is 0 Å². The van der Waals surface area contributed by atoms with Crippen LogP contribution in [0.1, 0.15) is 24.0 Å². The average molecular weight is 393 g/mol. The predicted octanol–water partition coefficient (Wildman–Crippen LogP) is 3.90. The van der Waals surface area contributed by atoms with Gasteiger partial charge in [-0.1, -0.05) is 41.4 Å². The number of halogens is 2. The first-order valence-electron chi connectivity index (χ1n) is 8.25. The zero-order valence-corrected chi connectivity index (χ0v) is 15.4. The maximum absolute atomic E-state index is 11.8. The number of nitrogens with one attached hydrogen (secondary N) is 1. The van der Waals surface area contributed by atoms with E-state index in [2.05, 4.69) is 10.3 Å². The van der Waals surface area contributed by atoms with Gasteiger partial charge in [0, 0.05) is 34.4 Å². The second-order valence-electron chi connectivity index (χ2n) is 5.83. The lowest BCUT2D eigenvalue weighted by molar-refractivity contribution is -0.123. The minimum Gasteiger partial charge on any atom is -0.381 e. The van der Waals surface area contributed by atoms with Crippen LogP contribution < -0.4 is 5.32 Å². The highest BCUT2D eigenvalue weighted by Gasteiger charge is 2.25. The SMILES string of the molecule is C1CCOC1.O=C1Nc2ccc(Cl)cc2C(c2ccccc2Cl)=NC1O. The van der Waals surface area contributed by atoms with Crippen molar-refractivity contribution in [1.29, 1.82) is 0 Å². The van der Waals surface area contributed by atoms with Crippen molar-refractivity contribution in [2.45, 2.75) is 19.1 Å². The summed E-state index contributed by atoms with van der Waals surface area (Å²) in [5.74, 6) is -0.597. The molecule has 0 saturated carbocycles. The number of hydrogen-bond acceptors (Lipinski definition) is 4. The fourth-order valence-corrected chi connectivity index (χ4v) is 3.04. The van der Waals surface area contributed by atoms with E-state index in [1.165, 1.54) is 12.8 Å². The van der Waals surface area contributed by atoms with Crippen molar-refractivity contribution in [1.82, 2.24) is 0 Å². The standard InChI is InChI=1S/C15H10Cl2N2O2.C4H8O/c16-8-5-6-12-10(7-8)13(19-15(21)14(20)18-12)9-3-1-2-4-11(9)17;1-2-4-5-3-1/h1-7,15,21H,(H,18,20);1-4H2. The van der Waals surface area contributed by atoms with Crippen molar-refractivity contribution in [2.75, 3.05) is 18.5 Å². The number of ether oxygens (including phenoxy) is 1. The number of fused-ring (bicyclic) bond motifs is 1. The van der Waals surface area contributed by atoms with E-state index in [4.69, 9.17) is 27.9 Å². The Labute approximate surface area is 161 Å². The number of aliphatic hydroxyl groups is 1. The highest BCUT2D eigenvalue weighted by atomic mass is 35.5. The fourth-order valence-electron chi connectivity index (χ4n) is 2.65. The summed E-state index contributed by atoms with van der Waals surface area (Å²) in [6.45, 7) is 2.00. The first-order valence-corrected chi connectivity index (χ1v) is 9.01. The van der Waals surface area contributed by atoms with Gasteiger partial charge in [0.15, 0.2) is 0 Å². The molecule has 0 spiro atoms. The maximum Gasteiger partial charge on any atom is 0.276 e. The van der Waals surface area contributed by atoms with E-state index in [0.717, 1.165) is 13.2 Å². The molecule has 1 unspecified atom stereocenters.